The van der Waals surface area contributed by atoms with Crippen molar-refractivity contribution in [2.45, 2.75) is 19.1 Å². The second kappa shape index (κ2) is 3.15. The van der Waals surface area contributed by atoms with E-state index in [2.05, 4.69) is 4.74 Å². The Bertz CT molecular complexity index is 362. The van der Waals surface area contributed by atoms with Gasteiger partial charge in [-0.15, -0.1) is 0 Å². The normalized spacial score (nSPS) is 33.5. The molecular weight excluding hydrogens is 202 g/mol. The Morgan fingerprint density at radius 1 is 1.47 bits per heavy atom. The lowest BCUT2D eigenvalue weighted by molar-refractivity contribution is -0.147. The van der Waals surface area contributed by atoms with Crippen LogP contribution in [0.15, 0.2) is 11.5 Å². The fourth-order valence-electron chi connectivity index (χ4n) is 1.94. The number of rotatable bonds is 1. The molecule has 82 valence electrons. The molecule has 6 heteroatoms. The highest BCUT2D eigenvalue weighted by atomic mass is 16.6. The second-order valence-electron chi connectivity index (χ2n) is 3.48. The van der Waals surface area contributed by atoms with Crippen molar-refractivity contribution in [3.63, 3.8) is 0 Å². The van der Waals surface area contributed by atoms with E-state index in [1.807, 2.05) is 0 Å². The van der Waals surface area contributed by atoms with E-state index < -0.39 is 30.1 Å². The van der Waals surface area contributed by atoms with Gasteiger partial charge in [-0.3, -0.25) is 0 Å². The van der Waals surface area contributed by atoms with Crippen molar-refractivity contribution >= 4 is 11.9 Å². The predicted molar refractivity (Wildman–Crippen MR) is 47.1 cm³/mol. The third kappa shape index (κ3) is 1.25. The maximum Gasteiger partial charge on any atom is 0.348 e. The molecule has 0 radical (unpaired) electrons. The van der Waals surface area contributed by atoms with Gasteiger partial charge in [0, 0.05) is 0 Å². The van der Waals surface area contributed by atoms with E-state index in [1.54, 1.807) is 6.92 Å². The zero-order valence-electron chi connectivity index (χ0n) is 8.35. The lowest BCUT2D eigenvalue weighted by Crippen LogP contribution is -2.25. The van der Waals surface area contributed by atoms with E-state index in [-0.39, 0.29) is 11.5 Å². The van der Waals surface area contributed by atoms with Crippen LogP contribution < -0.4 is 5.73 Å². The standard InChI is InChI=1S/C9H11NO5/c1-3-4-5(8(11)13-2)7(10)15-6(4)9(12)14-3/h3-4,6H,10H2,1-2H3/t3-,4-,6-/m0/s1. The van der Waals surface area contributed by atoms with E-state index >= 15 is 0 Å². The number of hydrogen-bond acceptors (Lipinski definition) is 6. The van der Waals surface area contributed by atoms with E-state index in [9.17, 15) is 9.59 Å². The number of methoxy groups -OCH3 is 1. The largest absolute Gasteiger partial charge is 0.465 e. The second-order valence-corrected chi connectivity index (χ2v) is 3.48. The van der Waals surface area contributed by atoms with E-state index in [0.29, 0.717) is 0 Å². The van der Waals surface area contributed by atoms with Gasteiger partial charge in [-0.1, -0.05) is 0 Å². The number of carbonyl (C=O) groups is 2. The number of fused-ring (bicyclic) bond motifs is 1. The van der Waals surface area contributed by atoms with Crippen molar-refractivity contribution in [1.82, 2.24) is 0 Å². The van der Waals surface area contributed by atoms with Gasteiger partial charge in [0.15, 0.2) is 5.88 Å². The molecule has 0 amide bonds. The molecule has 0 spiro atoms. The first-order valence-corrected chi connectivity index (χ1v) is 4.51. The van der Waals surface area contributed by atoms with Crippen LogP contribution in [0.25, 0.3) is 0 Å². The Kier molecular flexibility index (Phi) is 2.06. The zero-order valence-corrected chi connectivity index (χ0v) is 8.35. The van der Waals surface area contributed by atoms with Crippen LogP contribution in [0.3, 0.4) is 0 Å². The summed E-state index contributed by atoms with van der Waals surface area (Å²) in [6, 6.07) is 0. The molecule has 6 nitrogen and oxygen atoms in total. The summed E-state index contributed by atoms with van der Waals surface area (Å²) in [5.41, 5.74) is 5.71. The van der Waals surface area contributed by atoms with Gasteiger partial charge in [-0.25, -0.2) is 9.59 Å². The highest BCUT2D eigenvalue weighted by molar-refractivity contribution is 5.93. The minimum absolute atomic E-state index is 0.0413. The molecule has 2 aliphatic heterocycles. The molecule has 1 fully saturated rings. The first-order chi connectivity index (χ1) is 7.06. The maximum atomic E-state index is 11.4. The van der Waals surface area contributed by atoms with E-state index in [1.165, 1.54) is 7.11 Å². The Balaban J connectivity index is 2.35. The highest BCUT2D eigenvalue weighted by Gasteiger charge is 2.53. The summed E-state index contributed by atoms with van der Waals surface area (Å²) in [6.45, 7) is 1.69. The van der Waals surface area contributed by atoms with Crippen molar-refractivity contribution < 1.29 is 23.8 Å². The van der Waals surface area contributed by atoms with Gasteiger partial charge in [0.1, 0.15) is 11.7 Å². The van der Waals surface area contributed by atoms with E-state index in [0.717, 1.165) is 0 Å². The molecule has 1 saturated heterocycles. The zero-order chi connectivity index (χ0) is 11.2. The molecule has 3 atom stereocenters. The van der Waals surface area contributed by atoms with Gasteiger partial charge in [0.2, 0.25) is 6.10 Å². The summed E-state index contributed by atoms with van der Waals surface area (Å²) >= 11 is 0. The summed E-state index contributed by atoms with van der Waals surface area (Å²) in [7, 11) is 1.25. The molecule has 0 aromatic rings. The van der Waals surface area contributed by atoms with Crippen LogP contribution in [0.2, 0.25) is 0 Å². The van der Waals surface area contributed by atoms with Crippen LogP contribution in [0.4, 0.5) is 0 Å². The number of ether oxygens (including phenoxy) is 3. The molecule has 0 aromatic carbocycles. The van der Waals surface area contributed by atoms with Crippen molar-refractivity contribution in [3.8, 4) is 0 Å². The topological polar surface area (TPSA) is 87.9 Å². The van der Waals surface area contributed by atoms with Crippen LogP contribution in [0.1, 0.15) is 6.92 Å². The third-order valence-electron chi connectivity index (χ3n) is 2.62. The van der Waals surface area contributed by atoms with Gasteiger partial charge >= 0.3 is 11.9 Å². The Morgan fingerprint density at radius 2 is 2.13 bits per heavy atom. The predicted octanol–water partition coefficient (Wildman–Crippen LogP) is -0.710. The van der Waals surface area contributed by atoms with Crippen molar-refractivity contribution in [2.24, 2.45) is 11.7 Å². The molecular formula is C9H11NO5. The average Bonchev–Trinajstić information content (AvgIpc) is 2.65. The minimum Gasteiger partial charge on any atom is -0.465 e. The average molecular weight is 213 g/mol. The van der Waals surface area contributed by atoms with Crippen molar-refractivity contribution in [1.29, 1.82) is 0 Å². The first-order valence-electron chi connectivity index (χ1n) is 4.51. The maximum absolute atomic E-state index is 11.4. The molecule has 0 unspecified atom stereocenters. The van der Waals surface area contributed by atoms with Gasteiger partial charge in [0.25, 0.3) is 0 Å². The molecule has 0 aliphatic carbocycles. The fraction of sp³-hybridized carbons (Fsp3) is 0.556. The summed E-state index contributed by atoms with van der Waals surface area (Å²) in [6.07, 6.45) is -1.22. The van der Waals surface area contributed by atoms with Crippen LogP contribution in [0, 0.1) is 5.92 Å². The Labute approximate surface area is 86.0 Å². The monoisotopic (exact) mass is 213 g/mol. The van der Waals surface area contributed by atoms with Crippen LogP contribution in [0.5, 0.6) is 0 Å². The smallest absolute Gasteiger partial charge is 0.348 e. The SMILES string of the molecule is COC(=O)C1=C(N)O[C@@H]2C(=O)O[C@@H](C)[C@@H]12. The highest BCUT2D eigenvalue weighted by Crippen LogP contribution is 2.38. The van der Waals surface area contributed by atoms with Crippen LogP contribution >= 0.6 is 0 Å². The number of cyclic esters (lactones) is 1. The molecule has 2 N–H and O–H groups in total. The first kappa shape index (κ1) is 9.82. The summed E-state index contributed by atoms with van der Waals surface area (Å²) < 4.78 is 14.6. The Hall–Kier alpha value is -1.72. The third-order valence-corrected chi connectivity index (χ3v) is 2.62. The number of nitrogens with two attached hydrogens (primary N) is 1. The Morgan fingerprint density at radius 3 is 2.73 bits per heavy atom. The molecule has 0 saturated carbocycles. The molecule has 2 rings (SSSR count). The number of hydrogen-bond donors (Lipinski definition) is 1. The van der Waals surface area contributed by atoms with Crippen LogP contribution in [-0.4, -0.2) is 31.3 Å². The number of carbonyl (C=O) groups excluding carboxylic acids is 2. The van der Waals surface area contributed by atoms with Crippen molar-refractivity contribution in [3.05, 3.63) is 11.5 Å². The summed E-state index contributed by atoms with van der Waals surface area (Å²) in [5, 5.41) is 0. The lowest BCUT2D eigenvalue weighted by Gasteiger charge is -2.10. The van der Waals surface area contributed by atoms with Crippen molar-refractivity contribution in [2.75, 3.05) is 7.11 Å². The van der Waals surface area contributed by atoms with E-state index in [4.69, 9.17) is 15.2 Å². The quantitative estimate of drug-likeness (QED) is 0.579. The molecule has 0 bridgehead atoms. The molecule has 15 heavy (non-hydrogen) atoms. The fourth-order valence-corrected chi connectivity index (χ4v) is 1.94. The molecule has 2 heterocycles. The van der Waals surface area contributed by atoms with Gasteiger partial charge in [-0.2, -0.15) is 0 Å². The summed E-state index contributed by atoms with van der Waals surface area (Å²) in [4.78, 5) is 22.7. The molecule has 2 aliphatic rings. The van der Waals surface area contributed by atoms with Crippen LogP contribution in [-0.2, 0) is 23.8 Å². The minimum atomic E-state index is -0.797. The van der Waals surface area contributed by atoms with Gasteiger partial charge in [-0.05, 0) is 6.92 Å². The lowest BCUT2D eigenvalue weighted by atomic mass is 9.93. The number of esters is 2. The molecule has 0 aromatic heterocycles. The van der Waals surface area contributed by atoms with Gasteiger partial charge < -0.3 is 19.9 Å². The summed E-state index contributed by atoms with van der Waals surface area (Å²) in [5.74, 6) is -1.56. The van der Waals surface area contributed by atoms with Gasteiger partial charge in [0.05, 0.1) is 13.0 Å².